The SMILES string of the molecule is CCCCCCCCc1cnc(-c2ccc(CNC(=O)C3NCC[C@@H]3O)cc2)s1. The highest BCUT2D eigenvalue weighted by Gasteiger charge is 2.30. The van der Waals surface area contributed by atoms with Gasteiger partial charge in [0.15, 0.2) is 0 Å². The molecule has 1 fully saturated rings. The number of hydrogen-bond acceptors (Lipinski definition) is 5. The fourth-order valence-electron chi connectivity index (χ4n) is 3.66. The number of nitrogens with zero attached hydrogens (tertiary/aromatic N) is 1. The van der Waals surface area contributed by atoms with Crippen molar-refractivity contribution in [1.29, 1.82) is 0 Å². The van der Waals surface area contributed by atoms with Crippen LogP contribution in [-0.2, 0) is 17.8 Å². The number of rotatable bonds is 11. The maximum atomic E-state index is 12.1. The molecule has 1 aliphatic rings. The van der Waals surface area contributed by atoms with Gasteiger partial charge in [0.1, 0.15) is 11.0 Å². The zero-order valence-corrected chi connectivity index (χ0v) is 18.1. The Hall–Kier alpha value is -1.76. The van der Waals surface area contributed by atoms with Crippen molar-refractivity contribution in [2.24, 2.45) is 0 Å². The monoisotopic (exact) mass is 415 g/mol. The molecule has 0 spiro atoms. The van der Waals surface area contributed by atoms with Gasteiger partial charge in [-0.1, -0.05) is 63.3 Å². The number of amides is 1. The van der Waals surface area contributed by atoms with Crippen LogP contribution in [0.25, 0.3) is 10.6 Å². The Morgan fingerprint density at radius 1 is 1.21 bits per heavy atom. The highest BCUT2D eigenvalue weighted by molar-refractivity contribution is 7.15. The molecule has 1 amide bonds. The summed E-state index contributed by atoms with van der Waals surface area (Å²) < 4.78 is 0. The molecule has 2 heterocycles. The second kappa shape index (κ2) is 11.4. The molecule has 6 heteroatoms. The Morgan fingerprint density at radius 2 is 1.97 bits per heavy atom. The molecule has 3 rings (SSSR count). The van der Waals surface area contributed by atoms with E-state index in [1.165, 1.54) is 43.4 Å². The first-order valence-corrected chi connectivity index (χ1v) is 11.7. The molecule has 2 atom stereocenters. The van der Waals surface area contributed by atoms with Crippen LogP contribution < -0.4 is 10.6 Å². The third-order valence-electron chi connectivity index (χ3n) is 5.47. The lowest BCUT2D eigenvalue weighted by Gasteiger charge is -2.14. The quantitative estimate of drug-likeness (QED) is 0.484. The van der Waals surface area contributed by atoms with Crippen LogP contribution in [-0.4, -0.2) is 34.7 Å². The Labute approximate surface area is 178 Å². The van der Waals surface area contributed by atoms with E-state index in [9.17, 15) is 9.90 Å². The van der Waals surface area contributed by atoms with Crippen LogP contribution in [0.5, 0.6) is 0 Å². The topological polar surface area (TPSA) is 74.2 Å². The van der Waals surface area contributed by atoms with Crippen molar-refractivity contribution >= 4 is 17.2 Å². The molecular formula is C23H33N3O2S. The summed E-state index contributed by atoms with van der Waals surface area (Å²) in [5.74, 6) is -0.140. The number of aryl methyl sites for hydroxylation is 1. The van der Waals surface area contributed by atoms with Crippen molar-refractivity contribution in [2.75, 3.05) is 6.54 Å². The standard InChI is InChI=1S/C23H33N3O2S/c1-2-3-4-5-6-7-8-19-16-26-23(29-19)18-11-9-17(10-12-18)15-25-22(28)21-20(27)13-14-24-21/h9-12,16,20-21,24,27H,2-8,13-15H2,1H3,(H,25,28)/t20-,21?/m0/s1. The average Bonchev–Trinajstić information content (AvgIpc) is 3.38. The summed E-state index contributed by atoms with van der Waals surface area (Å²) >= 11 is 1.78. The van der Waals surface area contributed by atoms with E-state index in [2.05, 4.69) is 34.7 Å². The van der Waals surface area contributed by atoms with Crippen molar-refractivity contribution in [3.05, 3.63) is 40.9 Å². The number of benzene rings is 1. The normalized spacial score (nSPS) is 18.8. The summed E-state index contributed by atoms with van der Waals surface area (Å²) in [6, 6.07) is 7.70. The van der Waals surface area contributed by atoms with Crippen LogP contribution in [0.1, 0.15) is 62.3 Å². The van der Waals surface area contributed by atoms with E-state index in [4.69, 9.17) is 0 Å². The predicted molar refractivity (Wildman–Crippen MR) is 119 cm³/mol. The highest BCUT2D eigenvalue weighted by atomic mass is 32.1. The molecular weight excluding hydrogens is 382 g/mol. The number of hydrogen-bond donors (Lipinski definition) is 3. The van der Waals surface area contributed by atoms with Gasteiger partial charge in [0.05, 0.1) is 6.10 Å². The van der Waals surface area contributed by atoms with Crippen LogP contribution >= 0.6 is 11.3 Å². The second-order valence-corrected chi connectivity index (χ2v) is 8.97. The summed E-state index contributed by atoms with van der Waals surface area (Å²) in [4.78, 5) is 18.1. The maximum Gasteiger partial charge on any atom is 0.240 e. The summed E-state index contributed by atoms with van der Waals surface area (Å²) in [6.45, 7) is 3.40. The molecule has 1 aromatic carbocycles. The zero-order valence-electron chi connectivity index (χ0n) is 17.3. The number of nitrogens with one attached hydrogen (secondary N) is 2. The molecule has 29 heavy (non-hydrogen) atoms. The first kappa shape index (κ1) is 21.9. The van der Waals surface area contributed by atoms with Gasteiger partial charge in [0.2, 0.25) is 5.91 Å². The van der Waals surface area contributed by atoms with Gasteiger partial charge < -0.3 is 15.7 Å². The number of unbranched alkanes of at least 4 members (excludes halogenated alkanes) is 5. The first-order valence-electron chi connectivity index (χ1n) is 10.9. The largest absolute Gasteiger partial charge is 0.391 e. The minimum Gasteiger partial charge on any atom is -0.391 e. The maximum absolute atomic E-state index is 12.1. The molecule has 1 aliphatic heterocycles. The van der Waals surface area contributed by atoms with Crippen LogP contribution in [0.4, 0.5) is 0 Å². The minimum atomic E-state index is -0.590. The molecule has 3 N–H and O–H groups in total. The number of carbonyl (C=O) groups excluding carboxylic acids is 1. The summed E-state index contributed by atoms with van der Waals surface area (Å²) in [6.07, 6.45) is 11.1. The molecule has 2 aromatic rings. The number of thiazole rings is 1. The molecule has 1 unspecified atom stereocenters. The Morgan fingerprint density at radius 3 is 2.69 bits per heavy atom. The third-order valence-corrected chi connectivity index (χ3v) is 6.58. The van der Waals surface area contributed by atoms with Gasteiger partial charge in [-0.15, -0.1) is 11.3 Å². The van der Waals surface area contributed by atoms with E-state index in [1.54, 1.807) is 11.3 Å². The van der Waals surface area contributed by atoms with Gasteiger partial charge in [0.25, 0.3) is 0 Å². The van der Waals surface area contributed by atoms with Crippen LogP contribution in [0.3, 0.4) is 0 Å². The third kappa shape index (κ3) is 6.63. The highest BCUT2D eigenvalue weighted by Crippen LogP contribution is 2.26. The van der Waals surface area contributed by atoms with E-state index < -0.39 is 12.1 Å². The van der Waals surface area contributed by atoms with Crippen molar-refractivity contribution in [2.45, 2.75) is 77.0 Å². The molecule has 0 radical (unpaired) electrons. The fraction of sp³-hybridized carbons (Fsp3) is 0.565. The Kier molecular flexibility index (Phi) is 8.65. The molecule has 1 aromatic heterocycles. The molecule has 0 saturated carbocycles. The molecule has 0 bridgehead atoms. The fourth-order valence-corrected chi connectivity index (χ4v) is 4.62. The van der Waals surface area contributed by atoms with E-state index in [0.717, 1.165) is 22.6 Å². The van der Waals surface area contributed by atoms with E-state index in [1.807, 2.05) is 18.3 Å². The van der Waals surface area contributed by atoms with Crippen LogP contribution in [0.2, 0.25) is 0 Å². The van der Waals surface area contributed by atoms with E-state index in [-0.39, 0.29) is 5.91 Å². The lowest BCUT2D eigenvalue weighted by atomic mass is 10.1. The summed E-state index contributed by atoms with van der Waals surface area (Å²) in [7, 11) is 0. The second-order valence-electron chi connectivity index (χ2n) is 7.85. The van der Waals surface area contributed by atoms with Gasteiger partial charge in [-0.3, -0.25) is 4.79 Å². The molecule has 0 aliphatic carbocycles. The van der Waals surface area contributed by atoms with E-state index >= 15 is 0 Å². The van der Waals surface area contributed by atoms with Crippen molar-refractivity contribution < 1.29 is 9.90 Å². The molecule has 1 saturated heterocycles. The van der Waals surface area contributed by atoms with E-state index in [0.29, 0.717) is 19.5 Å². The Bertz CT molecular complexity index is 760. The summed E-state index contributed by atoms with van der Waals surface area (Å²) in [5.41, 5.74) is 2.16. The molecule has 5 nitrogen and oxygen atoms in total. The van der Waals surface area contributed by atoms with Gasteiger partial charge in [0, 0.05) is 23.2 Å². The van der Waals surface area contributed by atoms with Crippen molar-refractivity contribution in [3.63, 3.8) is 0 Å². The van der Waals surface area contributed by atoms with Gasteiger partial charge in [-0.2, -0.15) is 0 Å². The van der Waals surface area contributed by atoms with Gasteiger partial charge in [-0.05, 0) is 31.4 Å². The Balaban J connectivity index is 1.44. The van der Waals surface area contributed by atoms with Gasteiger partial charge in [-0.25, -0.2) is 4.98 Å². The number of aliphatic hydroxyl groups is 1. The van der Waals surface area contributed by atoms with Gasteiger partial charge >= 0.3 is 0 Å². The van der Waals surface area contributed by atoms with Crippen molar-refractivity contribution in [3.8, 4) is 10.6 Å². The lowest BCUT2D eigenvalue weighted by Crippen LogP contribution is -2.45. The minimum absolute atomic E-state index is 0.140. The number of carbonyl (C=O) groups is 1. The number of aliphatic hydroxyl groups excluding tert-OH is 1. The first-order chi connectivity index (χ1) is 14.2. The summed E-state index contributed by atoms with van der Waals surface area (Å²) in [5, 5.41) is 16.8. The predicted octanol–water partition coefficient (Wildman–Crippen LogP) is 4.05. The number of aromatic nitrogens is 1. The molecule has 158 valence electrons. The van der Waals surface area contributed by atoms with Crippen LogP contribution in [0, 0.1) is 0 Å². The average molecular weight is 416 g/mol. The zero-order chi connectivity index (χ0) is 20.5. The lowest BCUT2D eigenvalue weighted by molar-refractivity contribution is -0.124. The smallest absolute Gasteiger partial charge is 0.240 e. The van der Waals surface area contributed by atoms with Crippen LogP contribution in [0.15, 0.2) is 30.5 Å². The van der Waals surface area contributed by atoms with Crippen molar-refractivity contribution in [1.82, 2.24) is 15.6 Å².